The first-order chi connectivity index (χ1) is 15.3. The number of pyridine rings is 1. The number of rotatable bonds is 5. The normalized spacial score (nSPS) is 28.4. The van der Waals surface area contributed by atoms with Crippen LogP contribution in [0.1, 0.15) is 37.2 Å². The predicted octanol–water partition coefficient (Wildman–Crippen LogP) is 3.40. The van der Waals surface area contributed by atoms with E-state index in [4.69, 9.17) is 4.74 Å². The number of aliphatic hydroxyl groups excluding tert-OH is 1. The minimum Gasteiger partial charge on any atom is -0.395 e. The van der Waals surface area contributed by atoms with Gasteiger partial charge in [0.15, 0.2) is 0 Å². The quantitative estimate of drug-likeness (QED) is 0.802. The van der Waals surface area contributed by atoms with Gasteiger partial charge in [0.2, 0.25) is 0 Å². The van der Waals surface area contributed by atoms with Gasteiger partial charge in [-0.15, -0.1) is 0 Å². The summed E-state index contributed by atoms with van der Waals surface area (Å²) in [5.41, 5.74) is 3.71. The summed E-state index contributed by atoms with van der Waals surface area (Å²) in [5.74, 6) is 1.18. The van der Waals surface area contributed by atoms with Gasteiger partial charge in [0, 0.05) is 56.7 Å². The average molecular weight is 422 g/mol. The van der Waals surface area contributed by atoms with E-state index in [2.05, 4.69) is 45.1 Å². The molecule has 0 radical (unpaired) electrons. The first-order valence-electron chi connectivity index (χ1n) is 12.0. The summed E-state index contributed by atoms with van der Waals surface area (Å²) in [4.78, 5) is 9.53. The van der Waals surface area contributed by atoms with Gasteiger partial charge in [-0.2, -0.15) is 0 Å². The van der Waals surface area contributed by atoms with Crippen LogP contribution in [-0.4, -0.2) is 78.0 Å². The third-order valence-electron chi connectivity index (χ3n) is 7.60. The topological polar surface area (TPSA) is 48.8 Å². The summed E-state index contributed by atoms with van der Waals surface area (Å²) in [6.07, 6.45) is 8.61. The Morgan fingerprint density at radius 2 is 1.81 bits per heavy atom. The lowest BCUT2D eigenvalue weighted by molar-refractivity contribution is -0.0677. The number of hydrogen-bond donors (Lipinski definition) is 1. The van der Waals surface area contributed by atoms with Crippen molar-refractivity contribution in [3.8, 4) is 11.1 Å². The number of aromatic nitrogens is 1. The summed E-state index contributed by atoms with van der Waals surface area (Å²) in [7, 11) is 0. The van der Waals surface area contributed by atoms with Gasteiger partial charge in [-0.3, -0.25) is 9.88 Å². The molecule has 0 unspecified atom stereocenters. The van der Waals surface area contributed by atoms with Crippen LogP contribution in [0.3, 0.4) is 0 Å². The number of nitrogens with zero attached hydrogens (tertiary/aromatic N) is 3. The third kappa shape index (κ3) is 4.56. The maximum atomic E-state index is 10.2. The van der Waals surface area contributed by atoms with Crippen LogP contribution in [0.15, 0.2) is 48.8 Å². The van der Waals surface area contributed by atoms with E-state index in [1.54, 1.807) is 0 Å². The zero-order chi connectivity index (χ0) is 21.0. The number of fused-ring (bicyclic) bond motifs is 1. The van der Waals surface area contributed by atoms with Crippen molar-refractivity contribution in [3.63, 3.8) is 0 Å². The first-order valence-corrected chi connectivity index (χ1v) is 12.0. The highest BCUT2D eigenvalue weighted by molar-refractivity contribution is 5.62. The van der Waals surface area contributed by atoms with Gasteiger partial charge in [0.1, 0.15) is 0 Å². The minimum atomic E-state index is 0.242. The number of benzene rings is 1. The van der Waals surface area contributed by atoms with Gasteiger partial charge in [0.25, 0.3) is 0 Å². The fourth-order valence-electron chi connectivity index (χ4n) is 5.90. The van der Waals surface area contributed by atoms with Crippen LogP contribution in [0, 0.1) is 5.92 Å². The molecule has 3 aliphatic heterocycles. The van der Waals surface area contributed by atoms with Gasteiger partial charge in [-0.25, -0.2) is 0 Å². The van der Waals surface area contributed by atoms with E-state index in [0.29, 0.717) is 12.0 Å². The smallest absolute Gasteiger partial charge is 0.0593 e. The van der Waals surface area contributed by atoms with Crippen molar-refractivity contribution < 1.29 is 9.84 Å². The summed E-state index contributed by atoms with van der Waals surface area (Å²) >= 11 is 0. The van der Waals surface area contributed by atoms with Crippen molar-refractivity contribution in [3.05, 3.63) is 54.4 Å². The van der Waals surface area contributed by atoms with E-state index >= 15 is 0 Å². The molecule has 31 heavy (non-hydrogen) atoms. The zero-order valence-electron chi connectivity index (χ0n) is 18.4. The highest BCUT2D eigenvalue weighted by Crippen LogP contribution is 2.42. The van der Waals surface area contributed by atoms with Crippen LogP contribution in [-0.2, 0) is 4.74 Å². The molecule has 166 valence electrons. The van der Waals surface area contributed by atoms with E-state index in [0.717, 1.165) is 37.8 Å². The summed E-state index contributed by atoms with van der Waals surface area (Å²) in [6, 6.07) is 13.8. The fourth-order valence-corrected chi connectivity index (χ4v) is 5.90. The van der Waals surface area contributed by atoms with E-state index in [9.17, 15) is 5.11 Å². The first kappa shape index (κ1) is 21.1. The Kier molecular flexibility index (Phi) is 6.65. The molecule has 3 aliphatic rings. The zero-order valence-corrected chi connectivity index (χ0v) is 18.4. The van der Waals surface area contributed by atoms with E-state index in [1.165, 1.54) is 49.9 Å². The van der Waals surface area contributed by atoms with Gasteiger partial charge in [-0.05, 0) is 67.4 Å². The molecule has 0 spiro atoms. The largest absolute Gasteiger partial charge is 0.395 e. The molecule has 0 saturated carbocycles. The Morgan fingerprint density at radius 1 is 1.00 bits per heavy atom. The number of ether oxygens (including phenoxy) is 1. The Labute approximate surface area is 186 Å². The molecular formula is C26H35N3O2. The van der Waals surface area contributed by atoms with Gasteiger partial charge in [-0.1, -0.05) is 30.3 Å². The molecular weight excluding hydrogens is 386 g/mol. The summed E-state index contributed by atoms with van der Waals surface area (Å²) < 4.78 is 5.57. The second-order valence-electron chi connectivity index (χ2n) is 9.47. The van der Waals surface area contributed by atoms with Gasteiger partial charge in [0.05, 0.1) is 6.61 Å². The van der Waals surface area contributed by atoms with E-state index < -0.39 is 0 Å². The second-order valence-corrected chi connectivity index (χ2v) is 9.47. The van der Waals surface area contributed by atoms with Crippen LogP contribution in [0.5, 0.6) is 0 Å². The van der Waals surface area contributed by atoms with E-state index in [-0.39, 0.29) is 12.6 Å². The van der Waals surface area contributed by atoms with Crippen molar-refractivity contribution in [2.24, 2.45) is 5.92 Å². The van der Waals surface area contributed by atoms with Crippen LogP contribution in [0.2, 0.25) is 0 Å². The lowest BCUT2D eigenvalue weighted by Crippen LogP contribution is -2.67. The lowest BCUT2D eigenvalue weighted by Gasteiger charge is -2.57. The molecule has 5 rings (SSSR count). The lowest BCUT2D eigenvalue weighted by atomic mass is 9.74. The highest BCUT2D eigenvalue weighted by atomic mass is 16.5. The average Bonchev–Trinajstić information content (AvgIpc) is 2.81. The molecule has 0 amide bonds. The van der Waals surface area contributed by atoms with Crippen molar-refractivity contribution in [1.82, 2.24) is 14.8 Å². The Bertz CT molecular complexity index is 822. The van der Waals surface area contributed by atoms with Gasteiger partial charge < -0.3 is 14.7 Å². The fraction of sp³-hybridized carbons (Fsp3) is 0.577. The van der Waals surface area contributed by atoms with Crippen molar-refractivity contribution in [1.29, 1.82) is 0 Å². The van der Waals surface area contributed by atoms with Crippen LogP contribution >= 0.6 is 0 Å². The van der Waals surface area contributed by atoms with Crippen molar-refractivity contribution in [2.45, 2.75) is 43.7 Å². The number of aliphatic hydroxyl groups is 1. The molecule has 1 N–H and O–H groups in total. The van der Waals surface area contributed by atoms with Gasteiger partial charge >= 0.3 is 0 Å². The number of hydrogen-bond acceptors (Lipinski definition) is 5. The molecule has 5 heteroatoms. The van der Waals surface area contributed by atoms with Crippen molar-refractivity contribution in [2.75, 3.05) is 46.0 Å². The summed E-state index contributed by atoms with van der Waals surface area (Å²) in [5, 5.41) is 10.2. The third-order valence-corrected chi connectivity index (χ3v) is 7.60. The Morgan fingerprint density at radius 3 is 2.55 bits per heavy atom. The molecule has 2 aromatic rings. The monoisotopic (exact) mass is 421 g/mol. The molecule has 0 aliphatic carbocycles. The molecule has 3 fully saturated rings. The molecule has 5 nitrogen and oxygen atoms in total. The van der Waals surface area contributed by atoms with Crippen LogP contribution in [0.4, 0.5) is 0 Å². The maximum absolute atomic E-state index is 10.2. The Balaban J connectivity index is 1.32. The van der Waals surface area contributed by atoms with Crippen molar-refractivity contribution >= 4 is 0 Å². The highest BCUT2D eigenvalue weighted by Gasteiger charge is 2.49. The van der Waals surface area contributed by atoms with Crippen LogP contribution < -0.4 is 0 Å². The molecule has 3 saturated heterocycles. The standard InChI is InChI=1S/C26H35N3O2/c30-19-25-26(22-7-5-21(6-8-22)23-4-3-11-27-16-23)24-18-28(12-1-2-13-29(24)25)17-20-9-14-31-15-10-20/h3-8,11,16,20,24-26,30H,1-2,9-10,12-15,17-19H2/t24-,25-,26-/m1/s1. The molecule has 1 aromatic carbocycles. The maximum Gasteiger partial charge on any atom is 0.0593 e. The SMILES string of the molecule is OC[C@@H]1[C@H](c2ccc(-c3cccnc3)cc2)[C@H]2CN(CC3CCOCC3)CCCCN12. The van der Waals surface area contributed by atoms with Crippen LogP contribution in [0.25, 0.3) is 11.1 Å². The predicted molar refractivity (Wildman–Crippen MR) is 123 cm³/mol. The summed E-state index contributed by atoms with van der Waals surface area (Å²) in [6.45, 7) is 6.72. The molecule has 3 atom stereocenters. The second kappa shape index (κ2) is 9.78. The molecule has 1 aromatic heterocycles. The molecule has 0 bridgehead atoms. The Hall–Kier alpha value is -1.79. The minimum absolute atomic E-state index is 0.242. The molecule has 4 heterocycles. The van der Waals surface area contributed by atoms with E-state index in [1.807, 2.05) is 18.5 Å².